The highest BCUT2D eigenvalue weighted by Crippen LogP contribution is 2.28. The van der Waals surface area contributed by atoms with Crippen molar-refractivity contribution in [3.05, 3.63) is 59.9 Å². The summed E-state index contributed by atoms with van der Waals surface area (Å²) in [4.78, 5) is 15.0. The van der Waals surface area contributed by atoms with Crippen LogP contribution in [0.15, 0.2) is 52.9 Å². The molecule has 6 heteroatoms. The van der Waals surface area contributed by atoms with E-state index in [1.54, 1.807) is 0 Å². The lowest BCUT2D eigenvalue weighted by molar-refractivity contribution is 0.0903. The number of furan rings is 1. The number of piperidine rings is 2. The fourth-order valence-electron chi connectivity index (χ4n) is 4.61. The van der Waals surface area contributed by atoms with Gasteiger partial charge in [0.05, 0.1) is 0 Å². The molecule has 2 aromatic carbocycles. The van der Waals surface area contributed by atoms with E-state index in [-0.39, 0.29) is 18.1 Å². The average molecular weight is 434 g/mol. The van der Waals surface area contributed by atoms with E-state index in [2.05, 4.69) is 46.7 Å². The quantitative estimate of drug-likeness (QED) is 0.629. The van der Waals surface area contributed by atoms with Crippen molar-refractivity contribution < 1.29 is 13.9 Å². The van der Waals surface area contributed by atoms with E-state index < -0.39 is 0 Å². The minimum Gasteiger partial charge on any atom is -0.490 e. The van der Waals surface area contributed by atoms with E-state index in [1.807, 2.05) is 24.3 Å². The maximum atomic E-state index is 12.6. The fraction of sp³-hybridized carbons (Fsp3) is 0.423. The van der Waals surface area contributed by atoms with Crippen molar-refractivity contribution in [3.8, 4) is 5.75 Å². The Morgan fingerprint density at radius 2 is 1.78 bits per heavy atom. The number of benzene rings is 2. The van der Waals surface area contributed by atoms with Gasteiger partial charge in [-0.1, -0.05) is 17.7 Å². The van der Waals surface area contributed by atoms with Gasteiger partial charge in [-0.3, -0.25) is 4.79 Å². The molecule has 6 nitrogen and oxygen atoms in total. The van der Waals surface area contributed by atoms with Gasteiger partial charge in [-0.25, -0.2) is 0 Å². The molecular weight excluding hydrogens is 402 g/mol. The van der Waals surface area contributed by atoms with Gasteiger partial charge in [0.1, 0.15) is 17.4 Å². The van der Waals surface area contributed by atoms with Crippen LogP contribution in [0.5, 0.6) is 5.75 Å². The molecule has 2 aliphatic rings. The topological polar surface area (TPSA) is 66.7 Å². The third-order valence-electron chi connectivity index (χ3n) is 6.53. The number of aryl methyl sites for hydroxylation is 1. The number of ether oxygens (including phenoxy) is 1. The smallest absolute Gasteiger partial charge is 0.287 e. The lowest BCUT2D eigenvalue weighted by Gasteiger charge is -2.33. The van der Waals surface area contributed by atoms with Crippen LogP contribution in [-0.2, 0) is 0 Å². The lowest BCUT2D eigenvalue weighted by Crippen LogP contribution is -2.42. The standard InChI is InChI=1S/C26H31N3O3/c1-18-2-4-21(5-3-18)29-14-10-22(11-15-29)31-23-6-7-24-19(16-23)17-25(32-24)26(30)28-20-8-12-27-13-9-20/h2-7,16-17,20,22,27H,8-15H2,1H3,(H,28,30). The Morgan fingerprint density at radius 1 is 1.03 bits per heavy atom. The number of anilines is 1. The predicted molar refractivity (Wildman–Crippen MR) is 127 cm³/mol. The molecule has 2 N–H and O–H groups in total. The minimum absolute atomic E-state index is 0.140. The second-order valence-corrected chi connectivity index (χ2v) is 8.95. The lowest BCUT2D eigenvalue weighted by atomic mass is 10.1. The van der Waals surface area contributed by atoms with Crippen molar-refractivity contribution in [1.29, 1.82) is 0 Å². The van der Waals surface area contributed by atoms with Gasteiger partial charge in [0.2, 0.25) is 0 Å². The summed E-state index contributed by atoms with van der Waals surface area (Å²) in [5.74, 6) is 1.05. The minimum atomic E-state index is -0.140. The normalized spacial score (nSPS) is 18.1. The first-order chi connectivity index (χ1) is 15.6. The van der Waals surface area contributed by atoms with E-state index in [9.17, 15) is 4.79 Å². The average Bonchev–Trinajstić information content (AvgIpc) is 3.25. The molecule has 2 fully saturated rings. The second kappa shape index (κ2) is 9.25. The number of amides is 1. The van der Waals surface area contributed by atoms with Crippen LogP contribution in [0.2, 0.25) is 0 Å². The zero-order valence-electron chi connectivity index (χ0n) is 18.6. The van der Waals surface area contributed by atoms with Gasteiger partial charge in [0.25, 0.3) is 5.91 Å². The Morgan fingerprint density at radius 3 is 2.53 bits per heavy atom. The van der Waals surface area contributed by atoms with Crippen LogP contribution in [0.1, 0.15) is 41.8 Å². The molecule has 5 rings (SSSR count). The summed E-state index contributed by atoms with van der Waals surface area (Å²) in [5, 5.41) is 7.30. The van der Waals surface area contributed by atoms with Gasteiger partial charge < -0.3 is 24.7 Å². The maximum Gasteiger partial charge on any atom is 0.287 e. The number of hydrogen-bond donors (Lipinski definition) is 2. The largest absolute Gasteiger partial charge is 0.490 e. The molecule has 0 spiro atoms. The monoisotopic (exact) mass is 433 g/mol. The molecule has 168 valence electrons. The van der Waals surface area contributed by atoms with Gasteiger partial charge in [-0.05, 0) is 69.3 Å². The van der Waals surface area contributed by atoms with E-state index in [0.29, 0.717) is 11.3 Å². The molecule has 0 aliphatic carbocycles. The Hall–Kier alpha value is -2.99. The van der Waals surface area contributed by atoms with Crippen LogP contribution in [0, 0.1) is 6.92 Å². The van der Waals surface area contributed by atoms with Gasteiger partial charge in [0.15, 0.2) is 5.76 Å². The van der Waals surface area contributed by atoms with Gasteiger partial charge in [-0.15, -0.1) is 0 Å². The molecular formula is C26H31N3O3. The van der Waals surface area contributed by atoms with Crippen LogP contribution in [0.3, 0.4) is 0 Å². The van der Waals surface area contributed by atoms with E-state index in [1.165, 1.54) is 11.3 Å². The van der Waals surface area contributed by atoms with Crippen molar-refractivity contribution in [1.82, 2.24) is 10.6 Å². The fourth-order valence-corrected chi connectivity index (χ4v) is 4.61. The third kappa shape index (κ3) is 4.75. The summed E-state index contributed by atoms with van der Waals surface area (Å²) >= 11 is 0. The maximum absolute atomic E-state index is 12.6. The Labute approximate surface area is 188 Å². The van der Waals surface area contributed by atoms with Crippen LogP contribution in [0.4, 0.5) is 5.69 Å². The van der Waals surface area contributed by atoms with Gasteiger partial charge >= 0.3 is 0 Å². The van der Waals surface area contributed by atoms with Crippen LogP contribution in [0.25, 0.3) is 11.0 Å². The number of nitrogens with zero attached hydrogens (tertiary/aromatic N) is 1. The highest BCUT2D eigenvalue weighted by molar-refractivity contribution is 5.96. The Bertz CT molecular complexity index is 1060. The number of rotatable bonds is 5. The molecule has 1 amide bonds. The Balaban J connectivity index is 1.19. The molecule has 2 aliphatic heterocycles. The SMILES string of the molecule is Cc1ccc(N2CCC(Oc3ccc4oc(C(=O)NC5CCNCC5)cc4c3)CC2)cc1. The summed E-state index contributed by atoms with van der Waals surface area (Å²) in [7, 11) is 0. The number of carbonyl (C=O) groups excluding carboxylic acids is 1. The molecule has 0 atom stereocenters. The van der Waals surface area contributed by atoms with Crippen molar-refractivity contribution in [3.63, 3.8) is 0 Å². The number of carbonyl (C=O) groups is 1. The molecule has 0 saturated carbocycles. The summed E-state index contributed by atoms with van der Waals surface area (Å²) < 4.78 is 12.1. The summed E-state index contributed by atoms with van der Waals surface area (Å²) in [6.07, 6.45) is 4.07. The highest BCUT2D eigenvalue weighted by Gasteiger charge is 2.22. The van der Waals surface area contributed by atoms with E-state index >= 15 is 0 Å². The van der Waals surface area contributed by atoms with E-state index in [0.717, 1.165) is 63.0 Å². The summed E-state index contributed by atoms with van der Waals surface area (Å²) in [6.45, 7) is 5.97. The van der Waals surface area contributed by atoms with Crippen molar-refractivity contribution in [2.75, 3.05) is 31.1 Å². The van der Waals surface area contributed by atoms with E-state index in [4.69, 9.17) is 9.15 Å². The summed E-state index contributed by atoms with van der Waals surface area (Å²) in [5.41, 5.74) is 3.28. The zero-order chi connectivity index (χ0) is 21.9. The second-order valence-electron chi connectivity index (χ2n) is 8.95. The highest BCUT2D eigenvalue weighted by atomic mass is 16.5. The van der Waals surface area contributed by atoms with Crippen molar-refractivity contribution in [2.24, 2.45) is 0 Å². The van der Waals surface area contributed by atoms with Crippen LogP contribution in [-0.4, -0.2) is 44.2 Å². The first-order valence-electron chi connectivity index (χ1n) is 11.7. The number of hydrogen-bond acceptors (Lipinski definition) is 5. The molecule has 3 aromatic rings. The first-order valence-corrected chi connectivity index (χ1v) is 11.7. The van der Waals surface area contributed by atoms with Crippen LogP contribution < -0.4 is 20.3 Å². The predicted octanol–water partition coefficient (Wildman–Crippen LogP) is 4.27. The number of nitrogens with one attached hydrogen (secondary N) is 2. The number of fused-ring (bicyclic) bond motifs is 1. The molecule has 0 unspecified atom stereocenters. The van der Waals surface area contributed by atoms with Gasteiger partial charge in [0, 0.05) is 43.0 Å². The third-order valence-corrected chi connectivity index (χ3v) is 6.53. The molecule has 32 heavy (non-hydrogen) atoms. The van der Waals surface area contributed by atoms with Crippen molar-refractivity contribution in [2.45, 2.75) is 44.8 Å². The molecule has 0 radical (unpaired) electrons. The first kappa shape index (κ1) is 20.9. The molecule has 3 heterocycles. The Kier molecular flexibility index (Phi) is 6.04. The molecule has 0 bridgehead atoms. The molecule has 1 aromatic heterocycles. The van der Waals surface area contributed by atoms with Crippen LogP contribution >= 0.6 is 0 Å². The summed E-state index contributed by atoms with van der Waals surface area (Å²) in [6, 6.07) is 16.6. The van der Waals surface area contributed by atoms with Gasteiger partial charge in [-0.2, -0.15) is 0 Å². The van der Waals surface area contributed by atoms with Crippen molar-refractivity contribution >= 4 is 22.6 Å². The zero-order valence-corrected chi connectivity index (χ0v) is 18.6. The molecule has 2 saturated heterocycles.